The Hall–Kier alpha value is -1.06. The summed E-state index contributed by atoms with van der Waals surface area (Å²) >= 11 is 6.08. The van der Waals surface area contributed by atoms with Crippen LogP contribution < -0.4 is 5.32 Å². The van der Waals surface area contributed by atoms with Crippen LogP contribution in [0.15, 0.2) is 24.3 Å². The molecule has 1 heterocycles. The van der Waals surface area contributed by atoms with Crippen molar-refractivity contribution < 1.29 is 4.79 Å². The van der Waals surface area contributed by atoms with Gasteiger partial charge in [-0.2, -0.15) is 0 Å². The van der Waals surface area contributed by atoms with Crippen LogP contribution in [0.1, 0.15) is 27.2 Å². The number of benzene rings is 1. The number of carbonyl (C=O) groups is 1. The summed E-state index contributed by atoms with van der Waals surface area (Å²) < 4.78 is 0. The van der Waals surface area contributed by atoms with Crippen LogP contribution in [0, 0.1) is 11.8 Å². The van der Waals surface area contributed by atoms with Gasteiger partial charge in [-0.1, -0.05) is 37.6 Å². The Morgan fingerprint density at radius 2 is 1.90 bits per heavy atom. The molecule has 3 nitrogen and oxygen atoms in total. The zero-order valence-corrected chi connectivity index (χ0v) is 13.2. The van der Waals surface area contributed by atoms with Crippen LogP contribution in [0.25, 0.3) is 0 Å². The number of amides is 1. The molecular weight excluding hydrogens is 272 g/mol. The van der Waals surface area contributed by atoms with E-state index in [4.69, 9.17) is 11.6 Å². The summed E-state index contributed by atoms with van der Waals surface area (Å²) in [5.74, 6) is 1.31. The zero-order chi connectivity index (χ0) is 14.7. The first-order valence-electron chi connectivity index (χ1n) is 7.26. The van der Waals surface area contributed by atoms with Crippen LogP contribution in [0.3, 0.4) is 0 Å². The molecule has 1 aromatic rings. The lowest BCUT2D eigenvalue weighted by molar-refractivity contribution is -0.121. The van der Waals surface area contributed by atoms with Gasteiger partial charge in [0.2, 0.25) is 5.91 Å². The lowest BCUT2D eigenvalue weighted by Gasteiger charge is -2.38. The molecule has 1 amide bonds. The van der Waals surface area contributed by atoms with Crippen LogP contribution >= 0.6 is 11.6 Å². The highest BCUT2D eigenvalue weighted by atomic mass is 35.5. The molecule has 0 aromatic heterocycles. The van der Waals surface area contributed by atoms with Gasteiger partial charge < -0.3 is 5.32 Å². The van der Waals surface area contributed by atoms with Crippen LogP contribution in [-0.4, -0.2) is 29.9 Å². The molecule has 20 heavy (non-hydrogen) atoms. The van der Waals surface area contributed by atoms with Crippen LogP contribution in [0.5, 0.6) is 0 Å². The predicted molar refractivity (Wildman–Crippen MR) is 84.1 cm³/mol. The molecule has 0 spiro atoms. The van der Waals surface area contributed by atoms with E-state index in [-0.39, 0.29) is 11.9 Å². The van der Waals surface area contributed by atoms with Crippen molar-refractivity contribution >= 4 is 23.2 Å². The molecule has 0 radical (unpaired) electrons. The zero-order valence-electron chi connectivity index (χ0n) is 12.4. The fraction of sp³-hybridized carbons (Fsp3) is 0.562. The second-order valence-corrected chi connectivity index (χ2v) is 6.45. The Balaban J connectivity index is 2.00. The van der Waals surface area contributed by atoms with Crippen molar-refractivity contribution in [2.75, 3.05) is 18.4 Å². The summed E-state index contributed by atoms with van der Waals surface area (Å²) in [7, 11) is 0. The molecule has 1 N–H and O–H groups in total. The first-order chi connectivity index (χ1) is 9.47. The van der Waals surface area contributed by atoms with Crippen molar-refractivity contribution in [2.45, 2.75) is 33.2 Å². The van der Waals surface area contributed by atoms with Crippen molar-refractivity contribution in [1.29, 1.82) is 0 Å². The topological polar surface area (TPSA) is 32.3 Å². The molecule has 3 atom stereocenters. The van der Waals surface area contributed by atoms with Gasteiger partial charge in [0.15, 0.2) is 0 Å². The molecule has 4 heteroatoms. The van der Waals surface area contributed by atoms with Gasteiger partial charge in [-0.3, -0.25) is 9.69 Å². The van der Waals surface area contributed by atoms with Gasteiger partial charge in [0.25, 0.3) is 0 Å². The van der Waals surface area contributed by atoms with Crippen LogP contribution in [0.4, 0.5) is 5.69 Å². The van der Waals surface area contributed by atoms with E-state index in [1.807, 2.05) is 25.1 Å². The van der Waals surface area contributed by atoms with Crippen molar-refractivity contribution in [3.8, 4) is 0 Å². The van der Waals surface area contributed by atoms with Gasteiger partial charge in [0.05, 0.1) is 16.8 Å². The summed E-state index contributed by atoms with van der Waals surface area (Å²) in [5, 5.41) is 3.50. The maximum Gasteiger partial charge on any atom is 0.241 e. The van der Waals surface area contributed by atoms with Gasteiger partial charge in [-0.25, -0.2) is 0 Å². The van der Waals surface area contributed by atoms with Crippen molar-refractivity contribution in [1.82, 2.24) is 4.90 Å². The van der Waals surface area contributed by atoms with Crippen molar-refractivity contribution in [3.63, 3.8) is 0 Å². The van der Waals surface area contributed by atoms with Gasteiger partial charge >= 0.3 is 0 Å². The Morgan fingerprint density at radius 3 is 2.50 bits per heavy atom. The van der Waals surface area contributed by atoms with E-state index in [1.54, 1.807) is 6.07 Å². The standard InChI is InChI=1S/C16H23ClN2O/c1-11-8-12(2)10-19(9-11)13(3)16(20)18-15-7-5-4-6-14(15)17/h4-7,11-13H,8-10H2,1-3H3,(H,18,20)/t11-,12-,13+/m1/s1. The van der Waals surface area contributed by atoms with E-state index in [0.29, 0.717) is 22.5 Å². The fourth-order valence-corrected chi connectivity index (χ4v) is 3.18. The minimum absolute atomic E-state index is 0.0133. The molecule has 1 saturated heterocycles. The van der Waals surface area contributed by atoms with E-state index in [9.17, 15) is 4.79 Å². The SMILES string of the molecule is C[C@@H]1C[C@@H](C)CN([C@@H](C)C(=O)Nc2ccccc2Cl)C1. The number of halogens is 1. The minimum atomic E-state index is -0.128. The first kappa shape index (κ1) is 15.3. The molecule has 0 unspecified atom stereocenters. The van der Waals surface area contributed by atoms with E-state index >= 15 is 0 Å². The number of para-hydroxylation sites is 1. The minimum Gasteiger partial charge on any atom is -0.323 e. The van der Waals surface area contributed by atoms with Gasteiger partial charge in [-0.15, -0.1) is 0 Å². The van der Waals surface area contributed by atoms with Gasteiger partial charge in [0, 0.05) is 13.1 Å². The van der Waals surface area contributed by atoms with E-state index in [0.717, 1.165) is 13.1 Å². The monoisotopic (exact) mass is 294 g/mol. The quantitative estimate of drug-likeness (QED) is 0.923. The summed E-state index contributed by atoms with van der Waals surface area (Å²) in [4.78, 5) is 14.6. The highest BCUT2D eigenvalue weighted by Crippen LogP contribution is 2.24. The number of rotatable bonds is 3. The average Bonchev–Trinajstić information content (AvgIpc) is 2.39. The summed E-state index contributed by atoms with van der Waals surface area (Å²) in [5.41, 5.74) is 0.684. The van der Waals surface area contributed by atoms with Crippen molar-refractivity contribution in [2.24, 2.45) is 11.8 Å². The number of nitrogens with zero attached hydrogens (tertiary/aromatic N) is 1. The molecule has 110 valence electrons. The number of carbonyl (C=O) groups excluding carboxylic acids is 1. The smallest absolute Gasteiger partial charge is 0.241 e. The Labute approximate surface area is 126 Å². The molecule has 2 rings (SSSR count). The number of likely N-dealkylation sites (tertiary alicyclic amines) is 1. The van der Waals surface area contributed by atoms with E-state index in [2.05, 4.69) is 24.1 Å². The molecular formula is C16H23ClN2O. The number of anilines is 1. The molecule has 1 aromatic carbocycles. The maximum atomic E-state index is 12.4. The molecule has 0 saturated carbocycles. The molecule has 1 aliphatic rings. The normalized spacial score (nSPS) is 25.2. The van der Waals surface area contributed by atoms with Gasteiger partial charge in [0.1, 0.15) is 0 Å². The molecule has 0 aliphatic carbocycles. The fourth-order valence-electron chi connectivity index (χ4n) is 2.99. The number of hydrogen-bond donors (Lipinski definition) is 1. The maximum absolute atomic E-state index is 12.4. The number of nitrogens with one attached hydrogen (secondary N) is 1. The predicted octanol–water partition coefficient (Wildman–Crippen LogP) is 3.64. The average molecular weight is 295 g/mol. The Bertz CT molecular complexity index is 467. The van der Waals surface area contributed by atoms with Crippen LogP contribution in [-0.2, 0) is 4.79 Å². The summed E-state index contributed by atoms with van der Waals surface area (Å²) in [6, 6.07) is 7.21. The van der Waals surface area contributed by atoms with Crippen molar-refractivity contribution in [3.05, 3.63) is 29.3 Å². The number of hydrogen-bond acceptors (Lipinski definition) is 2. The lowest BCUT2D eigenvalue weighted by Crippen LogP contribution is -2.48. The third kappa shape index (κ3) is 3.74. The third-order valence-corrected chi connectivity index (χ3v) is 4.29. The molecule has 1 aliphatic heterocycles. The number of piperidine rings is 1. The summed E-state index contributed by atoms with van der Waals surface area (Å²) in [6.07, 6.45) is 1.25. The summed E-state index contributed by atoms with van der Waals surface area (Å²) in [6.45, 7) is 8.45. The second kappa shape index (κ2) is 6.59. The molecule has 0 bridgehead atoms. The second-order valence-electron chi connectivity index (χ2n) is 6.05. The lowest BCUT2D eigenvalue weighted by atomic mass is 9.91. The Kier molecular flexibility index (Phi) is 5.06. The largest absolute Gasteiger partial charge is 0.323 e. The van der Waals surface area contributed by atoms with Gasteiger partial charge in [-0.05, 0) is 37.3 Å². The van der Waals surface area contributed by atoms with E-state index < -0.39 is 0 Å². The third-order valence-electron chi connectivity index (χ3n) is 3.96. The van der Waals surface area contributed by atoms with Crippen LogP contribution in [0.2, 0.25) is 5.02 Å². The van der Waals surface area contributed by atoms with E-state index in [1.165, 1.54) is 6.42 Å². The highest BCUT2D eigenvalue weighted by molar-refractivity contribution is 6.33. The molecule has 1 fully saturated rings. The first-order valence-corrected chi connectivity index (χ1v) is 7.64. The highest BCUT2D eigenvalue weighted by Gasteiger charge is 2.28. The Morgan fingerprint density at radius 1 is 1.30 bits per heavy atom.